The largest absolute Gasteiger partial charge is 0.320 e. The summed E-state index contributed by atoms with van der Waals surface area (Å²) in [6, 6.07) is 4.83. The maximum Gasteiger partial charge on any atom is 0.246 e. The van der Waals surface area contributed by atoms with E-state index in [4.69, 9.17) is 5.73 Å². The molecule has 1 aliphatic rings. The van der Waals surface area contributed by atoms with Crippen LogP contribution in [0.5, 0.6) is 0 Å². The molecule has 2 amide bonds. The van der Waals surface area contributed by atoms with Gasteiger partial charge >= 0.3 is 0 Å². The highest BCUT2D eigenvalue weighted by Gasteiger charge is 2.31. The van der Waals surface area contributed by atoms with Gasteiger partial charge in [-0.05, 0) is 18.6 Å². The molecule has 0 unspecified atom stereocenters. The average Bonchev–Trinajstić information content (AvgIpc) is 2.31. The van der Waals surface area contributed by atoms with Crippen molar-refractivity contribution in [3.8, 4) is 0 Å². The minimum atomic E-state index is -0.554. The van der Waals surface area contributed by atoms with Gasteiger partial charge in [-0.3, -0.25) is 19.5 Å². The third-order valence-corrected chi connectivity index (χ3v) is 2.60. The number of aromatic nitrogens is 1. The summed E-state index contributed by atoms with van der Waals surface area (Å²) < 4.78 is 0. The van der Waals surface area contributed by atoms with Crippen LogP contribution >= 0.6 is 0 Å². The normalized spacial score (nSPS) is 21.3. The molecule has 1 aliphatic heterocycles. The number of hydrogen-bond donors (Lipinski definition) is 1. The monoisotopic (exact) mass is 219 g/mol. The van der Waals surface area contributed by atoms with E-state index in [1.54, 1.807) is 18.3 Å². The maximum absolute atomic E-state index is 11.7. The van der Waals surface area contributed by atoms with Crippen LogP contribution in [0.3, 0.4) is 0 Å². The fourth-order valence-electron chi connectivity index (χ4n) is 1.68. The molecule has 1 fully saturated rings. The van der Waals surface area contributed by atoms with Crippen LogP contribution < -0.4 is 5.73 Å². The molecular formula is C11H13N3O2. The molecule has 1 atom stereocenters. The van der Waals surface area contributed by atoms with Gasteiger partial charge in [-0.25, -0.2) is 0 Å². The standard InChI is InChI=1S/C11H13N3O2/c12-9-4-5-10(15)14(11(9)16)7-8-3-1-2-6-13-8/h1-3,6,9H,4-5,7,12H2/t9-/m0/s1. The van der Waals surface area contributed by atoms with Gasteiger partial charge in [-0.1, -0.05) is 6.07 Å². The number of rotatable bonds is 2. The number of piperidine rings is 1. The Morgan fingerprint density at radius 2 is 2.25 bits per heavy atom. The summed E-state index contributed by atoms with van der Waals surface area (Å²) in [5.74, 6) is -0.473. The van der Waals surface area contributed by atoms with Crippen molar-refractivity contribution in [1.82, 2.24) is 9.88 Å². The van der Waals surface area contributed by atoms with Crippen molar-refractivity contribution in [2.75, 3.05) is 0 Å². The summed E-state index contributed by atoms with van der Waals surface area (Å²) in [6.45, 7) is 0.214. The third-order valence-electron chi connectivity index (χ3n) is 2.60. The smallest absolute Gasteiger partial charge is 0.246 e. The van der Waals surface area contributed by atoms with Crippen LogP contribution in [0.4, 0.5) is 0 Å². The highest BCUT2D eigenvalue weighted by Crippen LogP contribution is 2.14. The summed E-state index contributed by atoms with van der Waals surface area (Å²) >= 11 is 0. The molecule has 0 bridgehead atoms. The first-order valence-electron chi connectivity index (χ1n) is 5.18. The van der Waals surface area contributed by atoms with Crippen molar-refractivity contribution in [2.24, 2.45) is 5.73 Å². The first kappa shape index (κ1) is 10.8. The predicted octanol–water partition coefficient (Wildman–Crippen LogP) is 0.0579. The molecule has 0 spiro atoms. The lowest BCUT2D eigenvalue weighted by atomic mass is 10.0. The van der Waals surface area contributed by atoms with Crippen LogP contribution in [0.25, 0.3) is 0 Å². The summed E-state index contributed by atoms with van der Waals surface area (Å²) in [4.78, 5) is 28.5. The first-order chi connectivity index (χ1) is 7.68. The van der Waals surface area contributed by atoms with Gasteiger partial charge in [0.1, 0.15) is 0 Å². The summed E-state index contributed by atoms with van der Waals surface area (Å²) in [7, 11) is 0. The molecule has 5 nitrogen and oxygen atoms in total. The Labute approximate surface area is 93.3 Å². The van der Waals surface area contributed by atoms with Gasteiger partial charge in [0.25, 0.3) is 0 Å². The Morgan fingerprint density at radius 3 is 2.94 bits per heavy atom. The van der Waals surface area contributed by atoms with Gasteiger partial charge in [-0.2, -0.15) is 0 Å². The molecule has 1 saturated heterocycles. The molecule has 84 valence electrons. The Kier molecular flexibility index (Phi) is 2.96. The van der Waals surface area contributed by atoms with Crippen molar-refractivity contribution >= 4 is 11.8 Å². The lowest BCUT2D eigenvalue weighted by Crippen LogP contribution is -2.50. The van der Waals surface area contributed by atoms with E-state index >= 15 is 0 Å². The number of imide groups is 1. The molecule has 0 aromatic carbocycles. The molecule has 2 N–H and O–H groups in total. The van der Waals surface area contributed by atoms with E-state index in [0.717, 1.165) is 0 Å². The fourth-order valence-corrected chi connectivity index (χ4v) is 1.68. The lowest BCUT2D eigenvalue weighted by Gasteiger charge is -2.28. The fraction of sp³-hybridized carbons (Fsp3) is 0.364. The number of nitrogens with zero attached hydrogens (tertiary/aromatic N) is 2. The topological polar surface area (TPSA) is 76.3 Å². The maximum atomic E-state index is 11.7. The molecule has 0 radical (unpaired) electrons. The molecule has 1 aromatic heterocycles. The van der Waals surface area contributed by atoms with Gasteiger partial charge in [-0.15, -0.1) is 0 Å². The second-order valence-corrected chi connectivity index (χ2v) is 3.78. The quantitative estimate of drug-likeness (QED) is 0.713. The van der Waals surface area contributed by atoms with Gasteiger partial charge < -0.3 is 5.73 Å². The van der Waals surface area contributed by atoms with Crippen molar-refractivity contribution in [3.05, 3.63) is 30.1 Å². The van der Waals surface area contributed by atoms with E-state index in [1.807, 2.05) is 6.07 Å². The summed E-state index contributed by atoms with van der Waals surface area (Å²) in [5, 5.41) is 0. The second kappa shape index (κ2) is 4.40. The van der Waals surface area contributed by atoms with Crippen molar-refractivity contribution < 1.29 is 9.59 Å². The number of nitrogens with two attached hydrogens (primary N) is 1. The van der Waals surface area contributed by atoms with Crippen LogP contribution in [0.15, 0.2) is 24.4 Å². The number of likely N-dealkylation sites (tertiary alicyclic amines) is 1. The SMILES string of the molecule is N[C@H]1CCC(=O)N(Cc2ccccn2)C1=O. The Morgan fingerprint density at radius 1 is 1.44 bits per heavy atom. The summed E-state index contributed by atoms with van der Waals surface area (Å²) in [6.07, 6.45) is 2.41. The van der Waals surface area contributed by atoms with Crippen LogP contribution in [0, 0.1) is 0 Å². The van der Waals surface area contributed by atoms with E-state index < -0.39 is 6.04 Å². The zero-order valence-electron chi connectivity index (χ0n) is 8.80. The summed E-state index contributed by atoms with van der Waals surface area (Å²) in [5.41, 5.74) is 6.31. The third kappa shape index (κ3) is 2.09. The van der Waals surface area contributed by atoms with Crippen molar-refractivity contribution in [1.29, 1.82) is 0 Å². The zero-order chi connectivity index (χ0) is 11.5. The Bertz CT molecular complexity index is 405. The van der Waals surface area contributed by atoms with Gasteiger partial charge in [0, 0.05) is 12.6 Å². The number of carbonyl (C=O) groups is 2. The zero-order valence-corrected chi connectivity index (χ0v) is 8.80. The van der Waals surface area contributed by atoms with E-state index in [2.05, 4.69) is 4.98 Å². The number of pyridine rings is 1. The minimum Gasteiger partial charge on any atom is -0.320 e. The highest BCUT2D eigenvalue weighted by atomic mass is 16.2. The average molecular weight is 219 g/mol. The molecule has 1 aromatic rings. The number of carbonyl (C=O) groups excluding carboxylic acids is 2. The van der Waals surface area contributed by atoms with Crippen molar-refractivity contribution in [3.63, 3.8) is 0 Å². The van der Waals surface area contributed by atoms with Crippen LogP contribution in [-0.2, 0) is 16.1 Å². The van der Waals surface area contributed by atoms with E-state index in [-0.39, 0.29) is 18.4 Å². The van der Waals surface area contributed by atoms with Gasteiger partial charge in [0.2, 0.25) is 11.8 Å². The second-order valence-electron chi connectivity index (χ2n) is 3.78. The van der Waals surface area contributed by atoms with Gasteiger partial charge in [0.15, 0.2) is 0 Å². The molecule has 5 heteroatoms. The molecular weight excluding hydrogens is 206 g/mol. The number of amides is 2. The molecule has 2 rings (SSSR count). The predicted molar refractivity (Wildman–Crippen MR) is 57.0 cm³/mol. The van der Waals surface area contributed by atoms with E-state index in [9.17, 15) is 9.59 Å². The molecule has 0 saturated carbocycles. The first-order valence-corrected chi connectivity index (χ1v) is 5.18. The Balaban J connectivity index is 2.13. The molecule has 0 aliphatic carbocycles. The lowest BCUT2D eigenvalue weighted by molar-refractivity contribution is -0.149. The van der Waals surface area contributed by atoms with E-state index in [0.29, 0.717) is 18.5 Å². The van der Waals surface area contributed by atoms with Crippen LogP contribution in [0.2, 0.25) is 0 Å². The van der Waals surface area contributed by atoms with Crippen molar-refractivity contribution in [2.45, 2.75) is 25.4 Å². The Hall–Kier alpha value is -1.75. The molecule has 16 heavy (non-hydrogen) atoms. The van der Waals surface area contributed by atoms with Crippen LogP contribution in [0.1, 0.15) is 18.5 Å². The molecule has 2 heterocycles. The highest BCUT2D eigenvalue weighted by molar-refractivity contribution is 6.00. The van der Waals surface area contributed by atoms with E-state index in [1.165, 1.54) is 4.90 Å². The van der Waals surface area contributed by atoms with Crippen LogP contribution in [-0.4, -0.2) is 27.7 Å². The van der Waals surface area contributed by atoms with Gasteiger partial charge in [0.05, 0.1) is 18.3 Å². The minimum absolute atomic E-state index is 0.169. The number of hydrogen-bond acceptors (Lipinski definition) is 4.